The van der Waals surface area contributed by atoms with E-state index in [1.807, 2.05) is 6.07 Å². The Morgan fingerprint density at radius 3 is 2.80 bits per heavy atom. The molecule has 1 fully saturated rings. The molecule has 1 saturated heterocycles. The van der Waals surface area contributed by atoms with Crippen LogP contribution < -0.4 is 16.0 Å². The van der Waals surface area contributed by atoms with Crippen molar-refractivity contribution in [2.75, 3.05) is 43.9 Å². The summed E-state index contributed by atoms with van der Waals surface area (Å²) >= 11 is 0. The minimum absolute atomic E-state index is 0.0643. The summed E-state index contributed by atoms with van der Waals surface area (Å²) in [6, 6.07) is 5.96. The molecule has 1 aromatic rings. The van der Waals surface area contributed by atoms with Gasteiger partial charge in [-0.1, -0.05) is 6.92 Å². The van der Waals surface area contributed by atoms with Gasteiger partial charge in [0.05, 0.1) is 11.3 Å². The van der Waals surface area contributed by atoms with Crippen molar-refractivity contribution in [3.05, 3.63) is 23.8 Å². The molecule has 1 amide bonds. The molecule has 1 aliphatic rings. The summed E-state index contributed by atoms with van der Waals surface area (Å²) in [4.78, 5) is 16.7. The van der Waals surface area contributed by atoms with Gasteiger partial charge in [-0.15, -0.1) is 0 Å². The van der Waals surface area contributed by atoms with Crippen molar-refractivity contribution in [3.63, 3.8) is 0 Å². The van der Waals surface area contributed by atoms with Crippen LogP contribution >= 0.6 is 0 Å². The number of benzene rings is 1. The Morgan fingerprint density at radius 1 is 1.45 bits per heavy atom. The minimum Gasteiger partial charge on any atom is -0.399 e. The lowest BCUT2D eigenvalue weighted by atomic mass is 10.1. The molecule has 0 bridgehead atoms. The summed E-state index contributed by atoms with van der Waals surface area (Å²) in [7, 11) is 1.65. The van der Waals surface area contributed by atoms with Gasteiger partial charge < -0.3 is 16.0 Å². The normalized spacial score (nSPS) is 19.9. The molecule has 2 rings (SSSR count). The van der Waals surface area contributed by atoms with Crippen LogP contribution in [-0.4, -0.2) is 50.1 Å². The maximum absolute atomic E-state index is 12.0. The van der Waals surface area contributed by atoms with E-state index in [1.165, 1.54) is 0 Å². The van der Waals surface area contributed by atoms with Crippen LogP contribution in [0, 0.1) is 0 Å². The van der Waals surface area contributed by atoms with Crippen LogP contribution in [0.2, 0.25) is 0 Å². The zero-order valence-electron chi connectivity index (χ0n) is 12.5. The van der Waals surface area contributed by atoms with Crippen LogP contribution in [0.25, 0.3) is 0 Å². The number of nitrogens with two attached hydrogens (primary N) is 1. The van der Waals surface area contributed by atoms with Crippen molar-refractivity contribution in [1.29, 1.82) is 0 Å². The van der Waals surface area contributed by atoms with Crippen molar-refractivity contribution in [1.82, 2.24) is 10.2 Å². The van der Waals surface area contributed by atoms with Crippen LogP contribution in [-0.2, 0) is 0 Å². The molecule has 1 aliphatic heterocycles. The summed E-state index contributed by atoms with van der Waals surface area (Å²) in [5.41, 5.74) is 8.22. The number of nitrogens with zero attached hydrogens (tertiary/aromatic N) is 2. The SMILES string of the molecule is CCN1CCN(c2cc(N)ccc2C(=O)NC)CC1C. The summed E-state index contributed by atoms with van der Waals surface area (Å²) < 4.78 is 0. The fourth-order valence-electron chi connectivity index (χ4n) is 2.82. The van der Waals surface area contributed by atoms with Gasteiger partial charge in [-0.05, 0) is 31.7 Å². The quantitative estimate of drug-likeness (QED) is 0.813. The molecule has 1 aromatic carbocycles. The summed E-state index contributed by atoms with van der Waals surface area (Å²) in [5, 5.41) is 2.69. The fraction of sp³-hybridized carbons (Fsp3) is 0.533. The van der Waals surface area contributed by atoms with Gasteiger partial charge in [0.2, 0.25) is 0 Å². The number of carbonyl (C=O) groups is 1. The zero-order chi connectivity index (χ0) is 14.7. The number of hydrogen-bond donors (Lipinski definition) is 2. The highest BCUT2D eigenvalue weighted by molar-refractivity contribution is 6.00. The van der Waals surface area contributed by atoms with E-state index >= 15 is 0 Å². The van der Waals surface area contributed by atoms with Crippen molar-refractivity contribution >= 4 is 17.3 Å². The number of amides is 1. The third-order valence-corrected chi connectivity index (χ3v) is 4.01. The highest BCUT2D eigenvalue weighted by Crippen LogP contribution is 2.26. The Balaban J connectivity index is 2.28. The van der Waals surface area contributed by atoms with E-state index < -0.39 is 0 Å². The number of nitrogen functional groups attached to an aromatic ring is 1. The number of rotatable bonds is 3. The van der Waals surface area contributed by atoms with E-state index in [0.29, 0.717) is 17.3 Å². The first kappa shape index (κ1) is 14.7. The summed E-state index contributed by atoms with van der Waals surface area (Å²) in [5.74, 6) is -0.0643. The van der Waals surface area contributed by atoms with Crippen LogP contribution in [0.5, 0.6) is 0 Å². The molecule has 0 saturated carbocycles. The molecule has 0 radical (unpaired) electrons. The number of nitrogens with one attached hydrogen (secondary N) is 1. The van der Waals surface area contributed by atoms with Gasteiger partial charge in [0.1, 0.15) is 0 Å². The van der Waals surface area contributed by atoms with Gasteiger partial charge in [-0.25, -0.2) is 0 Å². The van der Waals surface area contributed by atoms with E-state index in [9.17, 15) is 4.79 Å². The second-order valence-corrected chi connectivity index (χ2v) is 5.28. The Hall–Kier alpha value is -1.75. The molecule has 3 N–H and O–H groups in total. The Kier molecular flexibility index (Phi) is 4.49. The van der Waals surface area contributed by atoms with Gasteiger partial charge in [0, 0.05) is 38.4 Å². The molecule has 0 spiro atoms. The lowest BCUT2D eigenvalue weighted by Gasteiger charge is -2.41. The first-order valence-corrected chi connectivity index (χ1v) is 7.17. The van der Waals surface area contributed by atoms with Gasteiger partial charge in [-0.2, -0.15) is 0 Å². The topological polar surface area (TPSA) is 61.6 Å². The van der Waals surface area contributed by atoms with Crippen molar-refractivity contribution in [3.8, 4) is 0 Å². The van der Waals surface area contributed by atoms with E-state index in [2.05, 4.69) is 29.0 Å². The number of piperazine rings is 1. The third-order valence-electron chi connectivity index (χ3n) is 4.01. The Labute approximate surface area is 120 Å². The number of hydrogen-bond acceptors (Lipinski definition) is 4. The van der Waals surface area contributed by atoms with Crippen LogP contribution in [0.3, 0.4) is 0 Å². The van der Waals surface area contributed by atoms with Crippen molar-refractivity contribution in [2.24, 2.45) is 0 Å². The largest absolute Gasteiger partial charge is 0.399 e. The lowest BCUT2D eigenvalue weighted by Crippen LogP contribution is -2.52. The molecule has 5 nitrogen and oxygen atoms in total. The second kappa shape index (κ2) is 6.13. The predicted molar refractivity (Wildman–Crippen MR) is 83.2 cm³/mol. The highest BCUT2D eigenvalue weighted by atomic mass is 16.1. The monoisotopic (exact) mass is 276 g/mol. The van der Waals surface area contributed by atoms with Gasteiger partial charge in [0.15, 0.2) is 0 Å². The van der Waals surface area contributed by atoms with E-state index in [-0.39, 0.29) is 5.91 Å². The molecule has 20 heavy (non-hydrogen) atoms. The molecule has 1 heterocycles. The minimum atomic E-state index is -0.0643. The maximum atomic E-state index is 12.0. The number of carbonyl (C=O) groups excluding carboxylic acids is 1. The molecule has 0 aromatic heterocycles. The fourth-order valence-corrected chi connectivity index (χ4v) is 2.82. The number of likely N-dealkylation sites (N-methyl/N-ethyl adjacent to an activating group) is 1. The van der Waals surface area contributed by atoms with E-state index in [1.54, 1.807) is 19.2 Å². The van der Waals surface area contributed by atoms with Gasteiger partial charge in [0.25, 0.3) is 5.91 Å². The first-order chi connectivity index (χ1) is 9.56. The molecular formula is C15H24N4O. The third kappa shape index (κ3) is 2.88. The molecule has 1 atom stereocenters. The summed E-state index contributed by atoms with van der Waals surface area (Å²) in [6.45, 7) is 8.32. The van der Waals surface area contributed by atoms with Crippen LogP contribution in [0.15, 0.2) is 18.2 Å². The number of anilines is 2. The lowest BCUT2D eigenvalue weighted by molar-refractivity contribution is 0.0963. The van der Waals surface area contributed by atoms with Gasteiger partial charge in [-0.3, -0.25) is 9.69 Å². The molecule has 0 aliphatic carbocycles. The Bertz CT molecular complexity index is 489. The standard InChI is InChI=1S/C15H24N4O/c1-4-18-7-8-19(10-11(18)2)14-9-12(16)5-6-13(14)15(20)17-3/h5-6,9,11H,4,7-8,10,16H2,1-3H3,(H,17,20). The average Bonchev–Trinajstić information content (AvgIpc) is 2.46. The van der Waals surface area contributed by atoms with E-state index in [0.717, 1.165) is 31.9 Å². The second-order valence-electron chi connectivity index (χ2n) is 5.28. The Morgan fingerprint density at radius 2 is 2.20 bits per heavy atom. The maximum Gasteiger partial charge on any atom is 0.253 e. The van der Waals surface area contributed by atoms with Crippen LogP contribution in [0.4, 0.5) is 11.4 Å². The smallest absolute Gasteiger partial charge is 0.253 e. The van der Waals surface area contributed by atoms with Gasteiger partial charge >= 0.3 is 0 Å². The summed E-state index contributed by atoms with van der Waals surface area (Å²) in [6.07, 6.45) is 0. The van der Waals surface area contributed by atoms with Crippen LogP contribution in [0.1, 0.15) is 24.2 Å². The highest BCUT2D eigenvalue weighted by Gasteiger charge is 2.25. The molecule has 110 valence electrons. The first-order valence-electron chi connectivity index (χ1n) is 7.17. The zero-order valence-corrected chi connectivity index (χ0v) is 12.5. The van der Waals surface area contributed by atoms with Crippen molar-refractivity contribution < 1.29 is 4.79 Å². The van der Waals surface area contributed by atoms with E-state index in [4.69, 9.17) is 5.73 Å². The average molecular weight is 276 g/mol. The predicted octanol–water partition coefficient (Wildman–Crippen LogP) is 1.16. The molecule has 5 heteroatoms. The van der Waals surface area contributed by atoms with Crippen molar-refractivity contribution in [2.45, 2.75) is 19.9 Å². The molecular weight excluding hydrogens is 252 g/mol. The molecule has 1 unspecified atom stereocenters.